The van der Waals surface area contributed by atoms with Crippen molar-refractivity contribution in [3.8, 4) is 0 Å². The van der Waals surface area contributed by atoms with E-state index in [1.54, 1.807) is 12.1 Å². The Morgan fingerprint density at radius 1 is 1.17 bits per heavy atom. The second-order valence-corrected chi connectivity index (χ2v) is 5.90. The molecule has 0 bridgehead atoms. The van der Waals surface area contributed by atoms with Crippen LogP contribution in [0.15, 0.2) is 48.5 Å². The molecule has 126 valence electrons. The van der Waals surface area contributed by atoms with Crippen molar-refractivity contribution in [2.45, 2.75) is 26.2 Å². The number of amides is 1. The minimum Gasteiger partial charge on any atom is -0.455 e. The van der Waals surface area contributed by atoms with Gasteiger partial charge < -0.3 is 10.1 Å². The Morgan fingerprint density at radius 3 is 2.50 bits per heavy atom. The lowest BCUT2D eigenvalue weighted by Crippen LogP contribution is -2.23. The van der Waals surface area contributed by atoms with E-state index in [2.05, 4.69) is 5.32 Å². The van der Waals surface area contributed by atoms with Crippen LogP contribution in [-0.2, 0) is 14.3 Å². The van der Waals surface area contributed by atoms with Crippen molar-refractivity contribution in [3.05, 3.63) is 64.7 Å². The molecule has 0 radical (unpaired) electrons. The van der Waals surface area contributed by atoms with Crippen LogP contribution in [0.25, 0.3) is 0 Å². The van der Waals surface area contributed by atoms with Gasteiger partial charge in [0.15, 0.2) is 6.61 Å². The van der Waals surface area contributed by atoms with Crippen LogP contribution in [0.2, 0.25) is 5.02 Å². The lowest BCUT2D eigenvalue weighted by Gasteiger charge is -2.14. The summed E-state index contributed by atoms with van der Waals surface area (Å²) in [5.74, 6) is -1.17. The molecule has 0 saturated heterocycles. The Kier molecular flexibility index (Phi) is 6.38. The first-order valence-electron chi connectivity index (χ1n) is 7.79. The van der Waals surface area contributed by atoms with Crippen LogP contribution in [-0.4, -0.2) is 18.5 Å². The lowest BCUT2D eigenvalue weighted by molar-refractivity contribution is -0.149. The third-order valence-corrected chi connectivity index (χ3v) is 4.10. The molecule has 5 heteroatoms. The molecule has 1 N–H and O–H groups in total. The van der Waals surface area contributed by atoms with Crippen molar-refractivity contribution in [2.75, 3.05) is 11.9 Å². The minimum atomic E-state index is -0.402. The zero-order valence-electron chi connectivity index (χ0n) is 13.7. The SMILES string of the molecule is CC[C@H](C(=O)OCC(=O)Nc1ccc(C)c(Cl)c1)c1ccccc1. The third kappa shape index (κ3) is 4.83. The smallest absolute Gasteiger partial charge is 0.313 e. The summed E-state index contributed by atoms with van der Waals surface area (Å²) in [6.07, 6.45) is 0.609. The zero-order chi connectivity index (χ0) is 17.5. The van der Waals surface area contributed by atoms with Crippen molar-refractivity contribution in [1.82, 2.24) is 0 Å². The van der Waals surface area contributed by atoms with E-state index in [0.717, 1.165) is 11.1 Å². The van der Waals surface area contributed by atoms with Crippen molar-refractivity contribution in [3.63, 3.8) is 0 Å². The van der Waals surface area contributed by atoms with Crippen molar-refractivity contribution in [1.29, 1.82) is 0 Å². The van der Waals surface area contributed by atoms with Crippen molar-refractivity contribution in [2.24, 2.45) is 0 Å². The van der Waals surface area contributed by atoms with E-state index in [-0.39, 0.29) is 12.5 Å². The molecule has 0 saturated carbocycles. The first-order valence-corrected chi connectivity index (χ1v) is 8.16. The van der Waals surface area contributed by atoms with Crippen molar-refractivity contribution < 1.29 is 14.3 Å². The van der Waals surface area contributed by atoms with Gasteiger partial charge in [-0.25, -0.2) is 0 Å². The highest BCUT2D eigenvalue weighted by atomic mass is 35.5. The van der Waals surface area contributed by atoms with Gasteiger partial charge in [-0.2, -0.15) is 0 Å². The Balaban J connectivity index is 1.90. The molecule has 2 aromatic carbocycles. The van der Waals surface area contributed by atoms with E-state index in [4.69, 9.17) is 16.3 Å². The number of halogens is 1. The highest BCUT2D eigenvalue weighted by molar-refractivity contribution is 6.31. The largest absolute Gasteiger partial charge is 0.455 e. The number of hydrogen-bond donors (Lipinski definition) is 1. The number of nitrogens with one attached hydrogen (secondary N) is 1. The summed E-state index contributed by atoms with van der Waals surface area (Å²) in [6.45, 7) is 3.46. The molecule has 2 aromatic rings. The fourth-order valence-corrected chi connectivity index (χ4v) is 2.51. The van der Waals surface area contributed by atoms with Gasteiger partial charge in [0.05, 0.1) is 5.92 Å². The first-order chi connectivity index (χ1) is 11.5. The van der Waals surface area contributed by atoms with Gasteiger partial charge in [0.25, 0.3) is 5.91 Å². The second kappa shape index (κ2) is 8.50. The maximum atomic E-state index is 12.2. The predicted molar refractivity (Wildman–Crippen MR) is 95.3 cm³/mol. The standard InChI is InChI=1S/C19H20ClNO3/c1-3-16(14-7-5-4-6-8-14)19(23)24-12-18(22)21-15-10-9-13(2)17(20)11-15/h4-11,16H,3,12H2,1-2H3,(H,21,22)/t16-/m0/s1. The average molecular weight is 346 g/mol. The van der Waals surface area contributed by atoms with Crippen LogP contribution < -0.4 is 5.32 Å². The molecule has 0 aromatic heterocycles. The molecular formula is C19H20ClNO3. The fourth-order valence-electron chi connectivity index (χ4n) is 2.33. The number of carbonyl (C=O) groups is 2. The quantitative estimate of drug-likeness (QED) is 0.793. The molecule has 0 unspecified atom stereocenters. The molecule has 0 spiro atoms. The van der Waals surface area contributed by atoms with E-state index < -0.39 is 11.9 Å². The van der Waals surface area contributed by atoms with E-state index in [0.29, 0.717) is 17.1 Å². The van der Waals surface area contributed by atoms with Crippen LogP contribution in [0.4, 0.5) is 5.69 Å². The molecule has 0 heterocycles. The first kappa shape index (κ1) is 18.0. The topological polar surface area (TPSA) is 55.4 Å². The third-order valence-electron chi connectivity index (χ3n) is 3.70. The summed E-state index contributed by atoms with van der Waals surface area (Å²) in [7, 11) is 0. The number of esters is 1. The van der Waals surface area contributed by atoms with Gasteiger partial charge in [0.2, 0.25) is 0 Å². The molecule has 0 aliphatic rings. The van der Waals surface area contributed by atoms with Crippen LogP contribution in [0.3, 0.4) is 0 Å². The number of hydrogen-bond acceptors (Lipinski definition) is 3. The van der Waals surface area contributed by atoms with Gasteiger partial charge in [-0.1, -0.05) is 54.9 Å². The maximum Gasteiger partial charge on any atom is 0.313 e. The summed E-state index contributed by atoms with van der Waals surface area (Å²) in [5.41, 5.74) is 2.38. The summed E-state index contributed by atoms with van der Waals surface area (Å²) in [5, 5.41) is 3.23. The van der Waals surface area contributed by atoms with Gasteiger partial charge in [-0.3, -0.25) is 9.59 Å². The summed E-state index contributed by atoms with van der Waals surface area (Å²) >= 11 is 6.02. The number of ether oxygens (including phenoxy) is 1. The van der Waals surface area contributed by atoms with E-state index >= 15 is 0 Å². The molecule has 1 atom stereocenters. The Bertz CT molecular complexity index is 716. The highest BCUT2D eigenvalue weighted by Crippen LogP contribution is 2.21. The number of anilines is 1. The number of carbonyl (C=O) groups excluding carboxylic acids is 2. The molecule has 1 amide bonds. The lowest BCUT2D eigenvalue weighted by atomic mass is 9.97. The monoisotopic (exact) mass is 345 g/mol. The molecular weight excluding hydrogens is 326 g/mol. The highest BCUT2D eigenvalue weighted by Gasteiger charge is 2.20. The number of aryl methyl sites for hydroxylation is 1. The molecule has 4 nitrogen and oxygen atoms in total. The van der Waals surface area contributed by atoms with Crippen LogP contribution in [0, 0.1) is 6.92 Å². The summed E-state index contributed by atoms with van der Waals surface area (Å²) in [4.78, 5) is 24.1. The second-order valence-electron chi connectivity index (χ2n) is 5.49. The average Bonchev–Trinajstić information content (AvgIpc) is 2.58. The van der Waals surface area contributed by atoms with E-state index in [1.165, 1.54) is 0 Å². The Hall–Kier alpha value is -2.33. The summed E-state index contributed by atoms with van der Waals surface area (Å²) in [6, 6.07) is 14.6. The molecule has 24 heavy (non-hydrogen) atoms. The van der Waals surface area contributed by atoms with Crippen LogP contribution >= 0.6 is 11.6 Å². The van der Waals surface area contributed by atoms with Gasteiger partial charge in [-0.15, -0.1) is 0 Å². The zero-order valence-corrected chi connectivity index (χ0v) is 14.5. The molecule has 0 fully saturated rings. The summed E-state index contributed by atoms with van der Waals surface area (Å²) < 4.78 is 5.15. The number of rotatable bonds is 6. The normalized spacial score (nSPS) is 11.6. The van der Waals surface area contributed by atoms with Gasteiger partial charge >= 0.3 is 5.97 Å². The van der Waals surface area contributed by atoms with Crippen LogP contribution in [0.1, 0.15) is 30.4 Å². The predicted octanol–water partition coefficient (Wildman–Crippen LogP) is 4.32. The van der Waals surface area contributed by atoms with E-state index in [9.17, 15) is 9.59 Å². The van der Waals surface area contributed by atoms with Crippen LogP contribution in [0.5, 0.6) is 0 Å². The Labute approximate surface area is 146 Å². The van der Waals surface area contributed by atoms with Gasteiger partial charge in [0, 0.05) is 10.7 Å². The number of benzene rings is 2. The van der Waals surface area contributed by atoms with E-state index in [1.807, 2.05) is 50.2 Å². The molecule has 0 aliphatic heterocycles. The minimum absolute atomic E-state index is 0.326. The van der Waals surface area contributed by atoms with Gasteiger partial charge in [-0.05, 0) is 36.6 Å². The molecule has 2 rings (SSSR count). The van der Waals surface area contributed by atoms with Crippen molar-refractivity contribution >= 4 is 29.2 Å². The van der Waals surface area contributed by atoms with Gasteiger partial charge in [0.1, 0.15) is 0 Å². The fraction of sp³-hybridized carbons (Fsp3) is 0.263. The molecule has 0 aliphatic carbocycles. The maximum absolute atomic E-state index is 12.2. The Morgan fingerprint density at radius 2 is 1.88 bits per heavy atom.